The number of nitrogens with two attached hydrogens (primary N) is 2. The molecule has 2 heterocycles. The van der Waals surface area contributed by atoms with Gasteiger partial charge >= 0.3 is 0 Å². The van der Waals surface area contributed by atoms with Gasteiger partial charge in [0.15, 0.2) is 0 Å². The summed E-state index contributed by atoms with van der Waals surface area (Å²) in [5.41, 5.74) is 14.8. The number of nitrogen functional groups attached to an aromatic ring is 2. The molecule has 100 valence electrons. The van der Waals surface area contributed by atoms with Crippen LogP contribution >= 0.6 is 0 Å². The van der Waals surface area contributed by atoms with Crippen LogP contribution in [-0.2, 0) is 0 Å². The largest absolute Gasteiger partial charge is 0.399 e. The summed E-state index contributed by atoms with van der Waals surface area (Å²) < 4.78 is 5.24. The first-order valence-electron chi connectivity index (χ1n) is 6.06. The summed E-state index contributed by atoms with van der Waals surface area (Å²) in [5.74, 6) is 0.798. The van der Waals surface area contributed by atoms with Crippen LogP contribution in [0, 0.1) is 6.92 Å². The van der Waals surface area contributed by atoms with E-state index in [1.54, 1.807) is 18.2 Å². The van der Waals surface area contributed by atoms with Crippen molar-refractivity contribution in [1.82, 2.24) is 15.1 Å². The highest BCUT2D eigenvalue weighted by molar-refractivity contribution is 5.68. The minimum absolute atomic E-state index is 0.363. The molecule has 0 aliphatic heterocycles. The first kappa shape index (κ1) is 12.2. The van der Waals surface area contributed by atoms with Gasteiger partial charge in [0.2, 0.25) is 5.82 Å². The van der Waals surface area contributed by atoms with Crippen molar-refractivity contribution in [3.8, 4) is 23.0 Å². The zero-order chi connectivity index (χ0) is 14.1. The standard InChI is InChI=1S/C14H13N5O/c1-8-3-2-4-12(17-8)13-18-14(20-19-13)9-5-10(15)7-11(16)6-9/h2-7H,15-16H2,1H3. The minimum Gasteiger partial charge on any atom is -0.399 e. The SMILES string of the molecule is Cc1cccc(-c2noc(-c3cc(N)cc(N)c3)n2)n1. The number of anilines is 2. The van der Waals surface area contributed by atoms with E-state index in [1.807, 2.05) is 25.1 Å². The fourth-order valence-corrected chi connectivity index (χ4v) is 1.91. The van der Waals surface area contributed by atoms with Crippen molar-refractivity contribution in [3.05, 3.63) is 42.1 Å². The van der Waals surface area contributed by atoms with Gasteiger partial charge in [0.25, 0.3) is 5.89 Å². The third-order valence-corrected chi connectivity index (χ3v) is 2.77. The molecule has 0 aliphatic rings. The summed E-state index contributed by atoms with van der Waals surface area (Å²) in [6.45, 7) is 1.91. The number of aryl methyl sites for hydroxylation is 1. The Balaban J connectivity index is 2.02. The zero-order valence-corrected chi connectivity index (χ0v) is 10.9. The molecule has 20 heavy (non-hydrogen) atoms. The molecule has 3 rings (SSSR count). The first-order valence-corrected chi connectivity index (χ1v) is 6.06. The highest BCUT2D eigenvalue weighted by Crippen LogP contribution is 2.25. The van der Waals surface area contributed by atoms with Crippen LogP contribution in [0.5, 0.6) is 0 Å². The molecule has 6 heteroatoms. The monoisotopic (exact) mass is 267 g/mol. The van der Waals surface area contributed by atoms with Gasteiger partial charge in [0.1, 0.15) is 5.69 Å². The summed E-state index contributed by atoms with van der Waals surface area (Å²) in [6, 6.07) is 10.8. The van der Waals surface area contributed by atoms with E-state index in [4.69, 9.17) is 16.0 Å². The second-order valence-electron chi connectivity index (χ2n) is 4.48. The van der Waals surface area contributed by atoms with Crippen molar-refractivity contribution in [2.24, 2.45) is 0 Å². The Labute approximate surface area is 115 Å². The van der Waals surface area contributed by atoms with Gasteiger partial charge in [-0.25, -0.2) is 4.98 Å². The van der Waals surface area contributed by atoms with Crippen molar-refractivity contribution in [2.45, 2.75) is 6.92 Å². The number of nitrogens with zero attached hydrogens (tertiary/aromatic N) is 3. The third-order valence-electron chi connectivity index (χ3n) is 2.77. The van der Waals surface area contributed by atoms with Gasteiger partial charge in [-0.05, 0) is 37.3 Å². The van der Waals surface area contributed by atoms with Crippen LogP contribution in [-0.4, -0.2) is 15.1 Å². The van der Waals surface area contributed by atoms with Crippen LogP contribution in [0.15, 0.2) is 40.9 Å². The van der Waals surface area contributed by atoms with E-state index in [0.717, 1.165) is 5.69 Å². The van der Waals surface area contributed by atoms with Crippen LogP contribution in [0.1, 0.15) is 5.69 Å². The van der Waals surface area contributed by atoms with Crippen LogP contribution < -0.4 is 11.5 Å². The van der Waals surface area contributed by atoms with Gasteiger partial charge in [-0.2, -0.15) is 4.98 Å². The Morgan fingerprint density at radius 2 is 1.75 bits per heavy atom. The lowest BCUT2D eigenvalue weighted by atomic mass is 10.2. The van der Waals surface area contributed by atoms with Gasteiger partial charge in [0, 0.05) is 22.6 Å². The fourth-order valence-electron chi connectivity index (χ4n) is 1.91. The highest BCUT2D eigenvalue weighted by Gasteiger charge is 2.12. The Kier molecular flexibility index (Phi) is 2.83. The maximum absolute atomic E-state index is 5.75. The molecule has 6 nitrogen and oxygen atoms in total. The van der Waals surface area contributed by atoms with Gasteiger partial charge in [-0.3, -0.25) is 0 Å². The maximum Gasteiger partial charge on any atom is 0.258 e. The minimum atomic E-state index is 0.363. The first-order chi connectivity index (χ1) is 9.61. The van der Waals surface area contributed by atoms with Crippen LogP contribution in [0.3, 0.4) is 0 Å². The number of aromatic nitrogens is 3. The van der Waals surface area contributed by atoms with E-state index in [-0.39, 0.29) is 0 Å². The molecule has 0 atom stereocenters. The molecule has 3 aromatic rings. The second kappa shape index (κ2) is 4.65. The van der Waals surface area contributed by atoms with Gasteiger partial charge < -0.3 is 16.0 Å². The lowest BCUT2D eigenvalue weighted by molar-refractivity contribution is 0.432. The van der Waals surface area contributed by atoms with Gasteiger partial charge in [0.05, 0.1) is 0 Å². The molecule has 0 radical (unpaired) electrons. The topological polar surface area (TPSA) is 104 Å². The molecule has 0 amide bonds. The highest BCUT2D eigenvalue weighted by atomic mass is 16.5. The van der Waals surface area contributed by atoms with Crippen molar-refractivity contribution in [2.75, 3.05) is 11.5 Å². The fraction of sp³-hybridized carbons (Fsp3) is 0.0714. The van der Waals surface area contributed by atoms with Crippen molar-refractivity contribution < 1.29 is 4.52 Å². The number of rotatable bonds is 2. The summed E-state index contributed by atoms with van der Waals surface area (Å²) in [6.07, 6.45) is 0. The Morgan fingerprint density at radius 3 is 2.45 bits per heavy atom. The van der Waals surface area contributed by atoms with E-state index in [2.05, 4.69) is 15.1 Å². The number of benzene rings is 1. The van der Waals surface area contributed by atoms with Gasteiger partial charge in [-0.15, -0.1) is 0 Å². The molecule has 0 aliphatic carbocycles. The second-order valence-corrected chi connectivity index (χ2v) is 4.48. The zero-order valence-electron chi connectivity index (χ0n) is 10.9. The van der Waals surface area contributed by atoms with Crippen LogP contribution in [0.25, 0.3) is 23.0 Å². The molecule has 1 aromatic carbocycles. The normalized spacial score (nSPS) is 10.7. The molecule has 2 aromatic heterocycles. The summed E-state index contributed by atoms with van der Waals surface area (Å²) >= 11 is 0. The Morgan fingerprint density at radius 1 is 1.00 bits per heavy atom. The smallest absolute Gasteiger partial charge is 0.258 e. The summed E-state index contributed by atoms with van der Waals surface area (Å²) in [5, 5.41) is 3.93. The predicted octanol–water partition coefficient (Wildman–Crippen LogP) is 2.27. The van der Waals surface area contributed by atoms with Crippen molar-refractivity contribution in [1.29, 1.82) is 0 Å². The quantitative estimate of drug-likeness (QED) is 0.690. The van der Waals surface area contributed by atoms with Crippen molar-refractivity contribution >= 4 is 11.4 Å². The molecule has 0 unspecified atom stereocenters. The molecule has 4 N–H and O–H groups in total. The number of pyridine rings is 1. The molecular weight excluding hydrogens is 254 g/mol. The summed E-state index contributed by atoms with van der Waals surface area (Å²) in [4.78, 5) is 8.67. The molecule has 0 spiro atoms. The number of hydrogen-bond donors (Lipinski definition) is 2. The summed E-state index contributed by atoms with van der Waals surface area (Å²) in [7, 11) is 0. The van der Waals surface area contributed by atoms with Gasteiger partial charge in [-0.1, -0.05) is 11.2 Å². The average molecular weight is 267 g/mol. The van der Waals surface area contributed by atoms with E-state index < -0.39 is 0 Å². The Bertz CT molecular complexity index is 746. The lowest BCUT2D eigenvalue weighted by Gasteiger charge is -1.99. The van der Waals surface area contributed by atoms with Crippen LogP contribution in [0.4, 0.5) is 11.4 Å². The van der Waals surface area contributed by atoms with E-state index in [9.17, 15) is 0 Å². The van der Waals surface area contributed by atoms with E-state index >= 15 is 0 Å². The maximum atomic E-state index is 5.75. The molecule has 0 saturated carbocycles. The molecular formula is C14H13N5O. The lowest BCUT2D eigenvalue weighted by Crippen LogP contribution is -1.91. The molecule has 0 fully saturated rings. The van der Waals surface area contributed by atoms with Crippen LogP contribution in [0.2, 0.25) is 0 Å². The molecule has 0 saturated heterocycles. The van der Waals surface area contributed by atoms with E-state index in [1.165, 1.54) is 0 Å². The Hall–Kier alpha value is -2.89. The predicted molar refractivity (Wildman–Crippen MR) is 76.5 cm³/mol. The average Bonchev–Trinajstić information content (AvgIpc) is 2.87. The van der Waals surface area contributed by atoms with E-state index in [0.29, 0.717) is 34.3 Å². The number of hydrogen-bond acceptors (Lipinski definition) is 6. The van der Waals surface area contributed by atoms with Crippen molar-refractivity contribution in [3.63, 3.8) is 0 Å². The third kappa shape index (κ3) is 2.31. The molecule has 0 bridgehead atoms.